The van der Waals surface area contributed by atoms with Crippen LogP contribution in [0.25, 0.3) is 0 Å². The number of nitrogens with zero attached hydrogens (tertiary/aromatic N) is 1. The van der Waals surface area contributed by atoms with Crippen LogP contribution in [-0.4, -0.2) is 35.7 Å². The molecule has 1 heterocycles. The van der Waals surface area contributed by atoms with E-state index >= 15 is 0 Å². The Bertz CT molecular complexity index is 668. The number of amides is 3. The number of rotatable bonds is 4. The molecule has 0 radical (unpaired) electrons. The number of halogens is 1. The summed E-state index contributed by atoms with van der Waals surface area (Å²) >= 11 is 6.03. The van der Waals surface area contributed by atoms with Crippen LogP contribution in [0.15, 0.2) is 18.2 Å². The summed E-state index contributed by atoms with van der Waals surface area (Å²) < 4.78 is 0. The predicted molar refractivity (Wildman–Crippen MR) is 98.5 cm³/mol. The second-order valence-electron chi connectivity index (χ2n) is 6.62. The molecule has 0 unspecified atom stereocenters. The van der Waals surface area contributed by atoms with Gasteiger partial charge < -0.3 is 15.5 Å². The van der Waals surface area contributed by atoms with Gasteiger partial charge in [0.05, 0.1) is 10.7 Å². The molecular weight excluding hydrogens is 342 g/mol. The smallest absolute Gasteiger partial charge is 0.227 e. The molecule has 0 atom stereocenters. The van der Waals surface area contributed by atoms with Crippen molar-refractivity contribution in [2.24, 2.45) is 11.8 Å². The fraction of sp³-hybridized carbons (Fsp3) is 0.500. The molecule has 3 amide bonds. The number of carbonyl (C=O) groups is 3. The van der Waals surface area contributed by atoms with Gasteiger partial charge in [-0.25, -0.2) is 0 Å². The second-order valence-corrected chi connectivity index (χ2v) is 7.03. The van der Waals surface area contributed by atoms with Gasteiger partial charge in [-0.2, -0.15) is 0 Å². The maximum atomic E-state index is 12.5. The molecule has 1 aromatic carbocycles. The van der Waals surface area contributed by atoms with Crippen molar-refractivity contribution in [1.29, 1.82) is 0 Å². The zero-order valence-electron chi connectivity index (χ0n) is 14.8. The number of hydrogen-bond acceptors (Lipinski definition) is 3. The van der Waals surface area contributed by atoms with E-state index in [9.17, 15) is 14.4 Å². The lowest BCUT2D eigenvalue weighted by Crippen LogP contribution is -2.43. The molecule has 6 nitrogen and oxygen atoms in total. The average Bonchev–Trinajstić information content (AvgIpc) is 2.56. The van der Waals surface area contributed by atoms with Crippen molar-refractivity contribution in [3.63, 3.8) is 0 Å². The Balaban J connectivity index is 1.95. The molecule has 25 heavy (non-hydrogen) atoms. The van der Waals surface area contributed by atoms with Crippen LogP contribution in [0, 0.1) is 11.8 Å². The first-order valence-corrected chi connectivity index (χ1v) is 8.82. The first-order valence-electron chi connectivity index (χ1n) is 8.44. The zero-order chi connectivity index (χ0) is 18.6. The van der Waals surface area contributed by atoms with E-state index in [4.69, 9.17) is 11.6 Å². The summed E-state index contributed by atoms with van der Waals surface area (Å²) in [5, 5.41) is 5.91. The van der Waals surface area contributed by atoms with Crippen LogP contribution in [0.3, 0.4) is 0 Å². The lowest BCUT2D eigenvalue weighted by Gasteiger charge is -2.32. The number of carbonyl (C=O) groups excluding carboxylic acids is 3. The maximum Gasteiger partial charge on any atom is 0.227 e. The molecule has 1 aliphatic heterocycles. The quantitative estimate of drug-likeness (QED) is 0.860. The van der Waals surface area contributed by atoms with E-state index in [1.807, 2.05) is 18.7 Å². The fourth-order valence-corrected chi connectivity index (χ4v) is 3.02. The van der Waals surface area contributed by atoms with Crippen molar-refractivity contribution in [3.8, 4) is 0 Å². The van der Waals surface area contributed by atoms with E-state index in [1.165, 1.54) is 6.92 Å². The maximum absolute atomic E-state index is 12.5. The summed E-state index contributed by atoms with van der Waals surface area (Å²) in [5.74, 6) is -0.320. The van der Waals surface area contributed by atoms with Crippen LogP contribution in [0.4, 0.5) is 11.4 Å². The normalized spacial score (nSPS) is 15.2. The van der Waals surface area contributed by atoms with Gasteiger partial charge in [-0.15, -0.1) is 0 Å². The van der Waals surface area contributed by atoms with Crippen molar-refractivity contribution < 1.29 is 14.4 Å². The van der Waals surface area contributed by atoms with Crippen molar-refractivity contribution in [2.75, 3.05) is 23.7 Å². The molecule has 1 saturated heterocycles. The molecule has 2 rings (SSSR count). The SMILES string of the molecule is CC(=O)Nc1cc(NC(=O)C2CCN(C(=O)C(C)C)CC2)ccc1Cl. The lowest BCUT2D eigenvalue weighted by molar-refractivity contribution is -0.137. The molecule has 0 aromatic heterocycles. The van der Waals surface area contributed by atoms with Crippen LogP contribution >= 0.6 is 11.6 Å². The van der Waals surface area contributed by atoms with E-state index in [-0.39, 0.29) is 29.6 Å². The zero-order valence-corrected chi connectivity index (χ0v) is 15.5. The van der Waals surface area contributed by atoms with Gasteiger partial charge in [0.15, 0.2) is 0 Å². The highest BCUT2D eigenvalue weighted by molar-refractivity contribution is 6.33. The highest BCUT2D eigenvalue weighted by Gasteiger charge is 2.28. The van der Waals surface area contributed by atoms with Gasteiger partial charge in [0.1, 0.15) is 0 Å². The summed E-state index contributed by atoms with van der Waals surface area (Å²) in [7, 11) is 0. The minimum absolute atomic E-state index is 0.0216. The standard InChI is InChI=1S/C18H24ClN3O3/c1-11(2)18(25)22-8-6-13(7-9-22)17(24)21-14-4-5-15(19)16(10-14)20-12(3)23/h4-5,10-11,13H,6-9H2,1-3H3,(H,20,23)(H,21,24). The first-order chi connectivity index (χ1) is 11.8. The predicted octanol–water partition coefficient (Wildman–Crippen LogP) is 3.13. The summed E-state index contributed by atoms with van der Waals surface area (Å²) in [6.07, 6.45) is 1.30. The third-order valence-electron chi connectivity index (χ3n) is 4.22. The highest BCUT2D eigenvalue weighted by Crippen LogP contribution is 2.27. The van der Waals surface area contributed by atoms with Gasteiger partial charge in [0, 0.05) is 37.5 Å². The van der Waals surface area contributed by atoms with Gasteiger partial charge in [-0.05, 0) is 31.0 Å². The van der Waals surface area contributed by atoms with Crippen molar-refractivity contribution in [1.82, 2.24) is 4.90 Å². The molecule has 7 heteroatoms. The molecule has 1 aromatic rings. The largest absolute Gasteiger partial charge is 0.342 e. The number of hydrogen-bond donors (Lipinski definition) is 2. The Labute approximate surface area is 152 Å². The Kier molecular flexibility index (Phi) is 6.42. The molecule has 0 saturated carbocycles. The van der Waals surface area contributed by atoms with Gasteiger partial charge in [0.25, 0.3) is 0 Å². The Morgan fingerprint density at radius 2 is 1.80 bits per heavy atom. The Morgan fingerprint density at radius 1 is 1.16 bits per heavy atom. The summed E-state index contributed by atoms with van der Waals surface area (Å²) in [5.41, 5.74) is 1.04. The van der Waals surface area contributed by atoms with Gasteiger partial charge in [-0.1, -0.05) is 25.4 Å². The minimum atomic E-state index is -0.229. The topological polar surface area (TPSA) is 78.5 Å². The fourth-order valence-electron chi connectivity index (χ4n) is 2.86. The van der Waals surface area contributed by atoms with E-state index in [0.29, 0.717) is 42.3 Å². The monoisotopic (exact) mass is 365 g/mol. The van der Waals surface area contributed by atoms with E-state index in [1.54, 1.807) is 18.2 Å². The molecule has 0 bridgehead atoms. The summed E-state index contributed by atoms with van der Waals surface area (Å²) in [4.78, 5) is 37.5. The van der Waals surface area contributed by atoms with Crippen molar-refractivity contribution in [2.45, 2.75) is 33.6 Å². The van der Waals surface area contributed by atoms with E-state index in [0.717, 1.165) is 0 Å². The molecule has 0 aliphatic carbocycles. The first kappa shape index (κ1) is 19.2. The van der Waals surface area contributed by atoms with Crippen LogP contribution in [0.2, 0.25) is 5.02 Å². The Hall–Kier alpha value is -2.08. The number of anilines is 2. The second kappa shape index (κ2) is 8.34. The third kappa shape index (κ3) is 5.19. The molecular formula is C18H24ClN3O3. The average molecular weight is 366 g/mol. The van der Waals surface area contributed by atoms with E-state index < -0.39 is 0 Å². The third-order valence-corrected chi connectivity index (χ3v) is 4.55. The van der Waals surface area contributed by atoms with Gasteiger partial charge in [-0.3, -0.25) is 14.4 Å². The number of benzene rings is 1. The van der Waals surface area contributed by atoms with Gasteiger partial charge in [0.2, 0.25) is 17.7 Å². The van der Waals surface area contributed by atoms with Crippen LogP contribution < -0.4 is 10.6 Å². The van der Waals surface area contributed by atoms with Crippen molar-refractivity contribution >= 4 is 40.7 Å². The van der Waals surface area contributed by atoms with Crippen LogP contribution in [0.5, 0.6) is 0 Å². The summed E-state index contributed by atoms with van der Waals surface area (Å²) in [6.45, 7) is 6.37. The lowest BCUT2D eigenvalue weighted by atomic mass is 9.95. The number of nitrogens with one attached hydrogen (secondary N) is 2. The number of piperidine rings is 1. The molecule has 1 fully saturated rings. The highest BCUT2D eigenvalue weighted by atomic mass is 35.5. The Morgan fingerprint density at radius 3 is 2.36 bits per heavy atom. The molecule has 2 N–H and O–H groups in total. The number of likely N-dealkylation sites (tertiary alicyclic amines) is 1. The molecule has 0 spiro atoms. The minimum Gasteiger partial charge on any atom is -0.342 e. The molecule has 1 aliphatic rings. The van der Waals surface area contributed by atoms with Crippen LogP contribution in [-0.2, 0) is 14.4 Å². The summed E-state index contributed by atoms with van der Waals surface area (Å²) in [6, 6.07) is 4.97. The van der Waals surface area contributed by atoms with Crippen LogP contribution in [0.1, 0.15) is 33.6 Å². The van der Waals surface area contributed by atoms with Gasteiger partial charge >= 0.3 is 0 Å². The molecule has 136 valence electrons. The van der Waals surface area contributed by atoms with E-state index in [2.05, 4.69) is 10.6 Å². The van der Waals surface area contributed by atoms with Crippen molar-refractivity contribution in [3.05, 3.63) is 23.2 Å².